The van der Waals surface area contributed by atoms with Crippen molar-refractivity contribution < 1.29 is 14.3 Å². The molecule has 21 heavy (non-hydrogen) atoms. The van der Waals surface area contributed by atoms with Crippen LogP contribution in [-0.2, 0) is 11.3 Å². The molecule has 0 aromatic heterocycles. The van der Waals surface area contributed by atoms with Crippen LogP contribution in [0.4, 0.5) is 4.39 Å². The summed E-state index contributed by atoms with van der Waals surface area (Å²) < 4.78 is 13.6. The van der Waals surface area contributed by atoms with Crippen molar-refractivity contribution >= 4 is 12.0 Å². The zero-order chi connectivity index (χ0) is 15.2. The van der Waals surface area contributed by atoms with Crippen LogP contribution in [0.2, 0.25) is 0 Å². The zero-order valence-electron chi connectivity index (χ0n) is 12.4. The van der Waals surface area contributed by atoms with Gasteiger partial charge in [-0.15, -0.1) is 0 Å². The second-order valence-corrected chi connectivity index (χ2v) is 5.72. The molecule has 1 aliphatic rings. The second-order valence-electron chi connectivity index (χ2n) is 5.72. The van der Waals surface area contributed by atoms with Gasteiger partial charge in [-0.2, -0.15) is 0 Å². The van der Waals surface area contributed by atoms with E-state index in [0.29, 0.717) is 5.56 Å². The van der Waals surface area contributed by atoms with E-state index in [1.165, 1.54) is 37.5 Å². The smallest absolute Gasteiger partial charge is 0.328 e. The Labute approximate surface area is 125 Å². The van der Waals surface area contributed by atoms with Gasteiger partial charge in [-0.3, -0.25) is 4.90 Å². The Balaban J connectivity index is 2.07. The summed E-state index contributed by atoms with van der Waals surface area (Å²) in [6.07, 6.45) is 6.13. The van der Waals surface area contributed by atoms with Crippen LogP contribution in [0.1, 0.15) is 37.3 Å². The summed E-state index contributed by atoms with van der Waals surface area (Å²) in [5.74, 6) is -0.608. The molecule has 1 aliphatic heterocycles. The van der Waals surface area contributed by atoms with Gasteiger partial charge in [0.25, 0.3) is 0 Å². The summed E-state index contributed by atoms with van der Waals surface area (Å²) in [7, 11) is 0. The van der Waals surface area contributed by atoms with Crippen molar-refractivity contribution in [1.82, 2.24) is 4.90 Å². The molecule has 0 bridgehead atoms. The summed E-state index contributed by atoms with van der Waals surface area (Å²) in [6.45, 7) is 5.05. The first-order valence-electron chi connectivity index (χ1n) is 7.49. The monoisotopic (exact) mass is 291 g/mol. The van der Waals surface area contributed by atoms with E-state index >= 15 is 0 Å². The summed E-state index contributed by atoms with van der Waals surface area (Å²) in [5.41, 5.74) is 1.49. The van der Waals surface area contributed by atoms with Gasteiger partial charge in [-0.1, -0.05) is 19.4 Å². The quantitative estimate of drug-likeness (QED) is 0.843. The number of hydrogen-bond donors (Lipinski definition) is 1. The molecule has 0 amide bonds. The molecule has 3 nitrogen and oxygen atoms in total. The summed E-state index contributed by atoms with van der Waals surface area (Å²) in [4.78, 5) is 12.9. The topological polar surface area (TPSA) is 40.5 Å². The average Bonchev–Trinajstić information content (AvgIpc) is 2.45. The highest BCUT2D eigenvalue weighted by atomic mass is 19.1. The minimum Gasteiger partial charge on any atom is -0.478 e. The largest absolute Gasteiger partial charge is 0.478 e. The van der Waals surface area contributed by atoms with Crippen molar-refractivity contribution in [3.05, 3.63) is 41.2 Å². The number of nitrogens with zero attached hydrogens (tertiary/aromatic N) is 1. The van der Waals surface area contributed by atoms with E-state index < -0.39 is 5.97 Å². The van der Waals surface area contributed by atoms with E-state index in [1.807, 2.05) is 6.07 Å². The molecule has 114 valence electrons. The van der Waals surface area contributed by atoms with Crippen LogP contribution in [0, 0.1) is 11.7 Å². The van der Waals surface area contributed by atoms with Gasteiger partial charge >= 0.3 is 5.97 Å². The first kappa shape index (κ1) is 15.7. The van der Waals surface area contributed by atoms with E-state index in [4.69, 9.17) is 5.11 Å². The van der Waals surface area contributed by atoms with Gasteiger partial charge in [0.2, 0.25) is 0 Å². The molecule has 1 heterocycles. The number of carboxylic acids is 1. The fraction of sp³-hybridized carbons (Fsp3) is 0.471. The van der Waals surface area contributed by atoms with E-state index in [1.54, 1.807) is 0 Å². The Morgan fingerprint density at radius 3 is 3.00 bits per heavy atom. The third-order valence-corrected chi connectivity index (χ3v) is 3.98. The van der Waals surface area contributed by atoms with E-state index in [2.05, 4.69) is 11.8 Å². The number of hydrogen-bond acceptors (Lipinski definition) is 2. The highest BCUT2D eigenvalue weighted by Gasteiger charge is 2.18. The van der Waals surface area contributed by atoms with Crippen molar-refractivity contribution in [2.75, 3.05) is 13.1 Å². The Hall–Kier alpha value is -1.68. The fourth-order valence-corrected chi connectivity index (χ4v) is 2.92. The number of carboxylic acid groups (broad SMARTS) is 1. The minimum absolute atomic E-state index is 0.318. The molecular formula is C17H22FNO2. The number of benzene rings is 1. The molecule has 4 heteroatoms. The summed E-state index contributed by atoms with van der Waals surface area (Å²) in [5, 5.41) is 8.64. The van der Waals surface area contributed by atoms with Gasteiger partial charge < -0.3 is 5.11 Å². The highest BCUT2D eigenvalue weighted by molar-refractivity contribution is 5.85. The summed E-state index contributed by atoms with van der Waals surface area (Å²) in [6, 6.07) is 4.75. The standard InChI is InChI=1S/C17H22FNO2/c1-2-13-4-3-7-19(11-13)12-15-8-14(5-6-17(20)21)9-16(18)10-15/h5-6,8-10,13H,2-4,7,11-12H2,1H3,(H,20,21). The van der Waals surface area contributed by atoms with Gasteiger partial charge in [0.15, 0.2) is 0 Å². The molecule has 0 radical (unpaired) electrons. The molecule has 0 saturated carbocycles. The van der Waals surface area contributed by atoms with Gasteiger partial charge in [0, 0.05) is 19.2 Å². The van der Waals surface area contributed by atoms with Crippen LogP contribution < -0.4 is 0 Å². The lowest BCUT2D eigenvalue weighted by atomic mass is 9.95. The van der Waals surface area contributed by atoms with Crippen LogP contribution in [0.15, 0.2) is 24.3 Å². The third-order valence-electron chi connectivity index (χ3n) is 3.98. The molecule has 1 aromatic rings. The van der Waals surface area contributed by atoms with Crippen LogP contribution in [0.25, 0.3) is 6.08 Å². The van der Waals surface area contributed by atoms with Crippen LogP contribution in [0.5, 0.6) is 0 Å². The van der Waals surface area contributed by atoms with Crippen molar-refractivity contribution in [2.24, 2.45) is 5.92 Å². The van der Waals surface area contributed by atoms with Gasteiger partial charge in [0.05, 0.1) is 0 Å². The Kier molecular flexibility index (Phi) is 5.51. The van der Waals surface area contributed by atoms with Crippen molar-refractivity contribution in [3.8, 4) is 0 Å². The lowest BCUT2D eigenvalue weighted by Crippen LogP contribution is -2.34. The summed E-state index contributed by atoms with van der Waals surface area (Å²) >= 11 is 0. The maximum Gasteiger partial charge on any atom is 0.328 e. The van der Waals surface area contributed by atoms with Crippen LogP contribution >= 0.6 is 0 Å². The molecule has 1 fully saturated rings. The number of likely N-dealkylation sites (tertiary alicyclic amines) is 1. The number of piperidine rings is 1. The average molecular weight is 291 g/mol. The fourth-order valence-electron chi connectivity index (χ4n) is 2.92. The van der Waals surface area contributed by atoms with E-state index in [9.17, 15) is 9.18 Å². The number of halogens is 1. The van der Waals surface area contributed by atoms with E-state index in [0.717, 1.165) is 37.2 Å². The lowest BCUT2D eigenvalue weighted by molar-refractivity contribution is -0.131. The minimum atomic E-state index is -1.03. The number of carbonyl (C=O) groups is 1. The van der Waals surface area contributed by atoms with Gasteiger partial charge in [-0.25, -0.2) is 9.18 Å². The highest BCUT2D eigenvalue weighted by Crippen LogP contribution is 2.21. The molecule has 1 unspecified atom stereocenters. The predicted octanol–water partition coefficient (Wildman–Crippen LogP) is 3.55. The third kappa shape index (κ3) is 4.97. The number of rotatable bonds is 5. The molecule has 0 aliphatic carbocycles. The van der Waals surface area contributed by atoms with Gasteiger partial charge in [-0.05, 0) is 54.6 Å². The maximum atomic E-state index is 13.6. The molecule has 1 N–H and O–H groups in total. The van der Waals surface area contributed by atoms with Crippen molar-refractivity contribution in [1.29, 1.82) is 0 Å². The van der Waals surface area contributed by atoms with E-state index in [-0.39, 0.29) is 5.82 Å². The Bertz CT molecular complexity index is 528. The first-order valence-corrected chi connectivity index (χ1v) is 7.49. The Morgan fingerprint density at radius 1 is 1.48 bits per heavy atom. The normalized spacial score (nSPS) is 20.0. The molecule has 1 aromatic carbocycles. The SMILES string of the molecule is CCC1CCCN(Cc2cc(F)cc(C=CC(=O)O)c2)C1. The molecular weight excluding hydrogens is 269 g/mol. The molecule has 1 saturated heterocycles. The second kappa shape index (κ2) is 7.36. The molecule has 1 atom stereocenters. The number of aliphatic carboxylic acids is 1. The van der Waals surface area contributed by atoms with Gasteiger partial charge in [0.1, 0.15) is 5.82 Å². The zero-order valence-corrected chi connectivity index (χ0v) is 12.4. The maximum absolute atomic E-state index is 13.6. The van der Waals surface area contributed by atoms with Crippen LogP contribution in [-0.4, -0.2) is 29.1 Å². The Morgan fingerprint density at radius 2 is 2.29 bits per heavy atom. The first-order chi connectivity index (χ1) is 10.1. The van der Waals surface area contributed by atoms with Crippen molar-refractivity contribution in [3.63, 3.8) is 0 Å². The molecule has 2 rings (SSSR count). The lowest BCUT2D eigenvalue weighted by Gasteiger charge is -2.32. The van der Waals surface area contributed by atoms with Crippen molar-refractivity contribution in [2.45, 2.75) is 32.7 Å². The molecule has 0 spiro atoms. The predicted molar refractivity (Wildman–Crippen MR) is 81.4 cm³/mol. The van der Waals surface area contributed by atoms with Crippen LogP contribution in [0.3, 0.4) is 0 Å².